The van der Waals surface area contributed by atoms with Crippen LogP contribution in [0.4, 0.5) is 5.69 Å². The summed E-state index contributed by atoms with van der Waals surface area (Å²) < 4.78 is 7.64. The maximum atomic E-state index is 11.9. The first kappa shape index (κ1) is 13.1. The number of nitrogens with zero attached hydrogens (tertiary/aromatic N) is 2. The van der Waals surface area contributed by atoms with Gasteiger partial charge in [0.2, 0.25) is 0 Å². The van der Waals surface area contributed by atoms with Gasteiger partial charge in [0.25, 0.3) is 0 Å². The van der Waals surface area contributed by atoms with Gasteiger partial charge < -0.3 is 10.5 Å². The largest absolute Gasteiger partial charge is 0.455 e. The molecular formula is C11H12BrN3O2S. The van der Waals surface area contributed by atoms with E-state index in [0.29, 0.717) is 17.1 Å². The lowest BCUT2D eigenvalue weighted by molar-refractivity contribution is 0.0465. The van der Waals surface area contributed by atoms with E-state index in [1.807, 2.05) is 11.4 Å². The molecular weight excluding hydrogens is 318 g/mol. The van der Waals surface area contributed by atoms with Crippen molar-refractivity contribution in [3.05, 3.63) is 32.2 Å². The number of anilines is 1. The fraction of sp³-hybridized carbons (Fsp3) is 0.273. The molecule has 2 N–H and O–H groups in total. The monoisotopic (exact) mass is 329 g/mol. The molecule has 0 aliphatic heterocycles. The van der Waals surface area contributed by atoms with Gasteiger partial charge in [-0.15, -0.1) is 11.3 Å². The Morgan fingerprint density at radius 1 is 1.67 bits per heavy atom. The van der Waals surface area contributed by atoms with Crippen LogP contribution in [0.5, 0.6) is 0 Å². The maximum absolute atomic E-state index is 11.9. The molecule has 96 valence electrons. The zero-order valence-electron chi connectivity index (χ0n) is 9.94. The Balaban J connectivity index is 2.08. The van der Waals surface area contributed by atoms with Gasteiger partial charge in [-0.3, -0.25) is 4.68 Å². The van der Waals surface area contributed by atoms with Crippen molar-refractivity contribution in [3.8, 4) is 0 Å². The van der Waals surface area contributed by atoms with Crippen LogP contribution in [0.1, 0.15) is 21.1 Å². The van der Waals surface area contributed by atoms with Crippen LogP contribution < -0.4 is 5.73 Å². The molecule has 2 rings (SSSR count). The molecule has 18 heavy (non-hydrogen) atoms. The summed E-state index contributed by atoms with van der Waals surface area (Å²) in [6.07, 6.45) is 0. The molecule has 0 atom stereocenters. The van der Waals surface area contributed by atoms with Crippen LogP contribution in [-0.4, -0.2) is 15.7 Å². The van der Waals surface area contributed by atoms with Crippen LogP contribution in [0.2, 0.25) is 0 Å². The van der Waals surface area contributed by atoms with E-state index < -0.39 is 5.97 Å². The molecule has 0 fully saturated rings. The molecule has 7 heteroatoms. The number of nitrogen functional groups attached to an aromatic ring is 1. The van der Waals surface area contributed by atoms with E-state index in [9.17, 15) is 4.79 Å². The van der Waals surface area contributed by atoms with E-state index in [-0.39, 0.29) is 6.61 Å². The van der Waals surface area contributed by atoms with Gasteiger partial charge in [0, 0.05) is 21.8 Å². The summed E-state index contributed by atoms with van der Waals surface area (Å²) in [5, 5.41) is 6.01. The Morgan fingerprint density at radius 2 is 2.39 bits per heavy atom. The second kappa shape index (κ2) is 5.11. The van der Waals surface area contributed by atoms with E-state index in [0.717, 1.165) is 9.35 Å². The minimum absolute atomic E-state index is 0.235. The summed E-state index contributed by atoms with van der Waals surface area (Å²) in [7, 11) is 1.67. The van der Waals surface area contributed by atoms with Crippen LogP contribution in [0.15, 0.2) is 15.9 Å². The number of nitrogens with two attached hydrogens (primary N) is 1. The lowest BCUT2D eigenvalue weighted by Gasteiger charge is -2.04. The summed E-state index contributed by atoms with van der Waals surface area (Å²) in [5.41, 5.74) is 7.08. The van der Waals surface area contributed by atoms with Crippen molar-refractivity contribution in [2.24, 2.45) is 7.05 Å². The van der Waals surface area contributed by atoms with Gasteiger partial charge >= 0.3 is 5.97 Å². The molecule has 0 unspecified atom stereocenters. The number of rotatable bonds is 3. The molecule has 2 aromatic heterocycles. The van der Waals surface area contributed by atoms with Crippen molar-refractivity contribution in [2.75, 3.05) is 5.73 Å². The summed E-state index contributed by atoms with van der Waals surface area (Å²) in [5.74, 6) is -0.458. The lowest BCUT2D eigenvalue weighted by atomic mass is 10.3. The maximum Gasteiger partial charge on any atom is 0.359 e. The highest BCUT2D eigenvalue weighted by Gasteiger charge is 2.19. The van der Waals surface area contributed by atoms with Gasteiger partial charge in [-0.05, 0) is 28.9 Å². The average Bonchev–Trinajstić information content (AvgIpc) is 2.82. The number of halogens is 1. The molecule has 0 aliphatic rings. The zero-order valence-corrected chi connectivity index (χ0v) is 12.3. The van der Waals surface area contributed by atoms with Crippen molar-refractivity contribution in [1.29, 1.82) is 0 Å². The Bertz CT molecular complexity index is 591. The fourth-order valence-corrected chi connectivity index (χ4v) is 2.91. The molecule has 0 bridgehead atoms. The first-order chi connectivity index (χ1) is 8.49. The minimum Gasteiger partial charge on any atom is -0.455 e. The number of hydrogen-bond donors (Lipinski definition) is 1. The van der Waals surface area contributed by atoms with Gasteiger partial charge in [-0.25, -0.2) is 4.79 Å². The van der Waals surface area contributed by atoms with Crippen LogP contribution in [-0.2, 0) is 18.4 Å². The molecule has 0 aliphatic carbocycles. The first-order valence-electron chi connectivity index (χ1n) is 5.18. The number of carbonyl (C=O) groups is 1. The van der Waals surface area contributed by atoms with E-state index in [2.05, 4.69) is 21.0 Å². The predicted octanol–water partition coefficient (Wildman–Crippen LogP) is 2.49. The van der Waals surface area contributed by atoms with E-state index in [1.54, 1.807) is 14.0 Å². The molecule has 0 spiro atoms. The van der Waals surface area contributed by atoms with Crippen molar-refractivity contribution in [3.63, 3.8) is 0 Å². The molecule has 0 aromatic carbocycles. The Hall–Kier alpha value is -1.34. The van der Waals surface area contributed by atoms with Crippen LogP contribution >= 0.6 is 27.3 Å². The standard InChI is InChI=1S/C11H12BrN3O2S/c1-6-9(13)10(15(2)14-6)11(16)17-4-8-3-7(12)5-18-8/h3,5H,4,13H2,1-2H3. The number of ether oxygens (including phenoxy) is 1. The van der Waals surface area contributed by atoms with Gasteiger partial charge in [-0.2, -0.15) is 5.10 Å². The third-order valence-corrected chi connectivity index (χ3v) is 4.10. The van der Waals surface area contributed by atoms with Crippen LogP contribution in [0, 0.1) is 6.92 Å². The van der Waals surface area contributed by atoms with Crippen molar-refractivity contribution >= 4 is 38.9 Å². The SMILES string of the molecule is Cc1nn(C)c(C(=O)OCc2cc(Br)cs2)c1N. The number of aromatic nitrogens is 2. The van der Waals surface area contributed by atoms with E-state index in [4.69, 9.17) is 10.5 Å². The third-order valence-electron chi connectivity index (χ3n) is 2.43. The number of aryl methyl sites for hydroxylation is 2. The average molecular weight is 330 g/mol. The van der Waals surface area contributed by atoms with Crippen molar-refractivity contribution in [1.82, 2.24) is 9.78 Å². The van der Waals surface area contributed by atoms with Gasteiger partial charge in [-0.1, -0.05) is 0 Å². The summed E-state index contributed by atoms with van der Waals surface area (Å²) in [6, 6.07) is 1.91. The van der Waals surface area contributed by atoms with Crippen LogP contribution in [0.3, 0.4) is 0 Å². The van der Waals surface area contributed by atoms with Gasteiger partial charge in [0.05, 0.1) is 11.4 Å². The number of esters is 1. The molecule has 0 radical (unpaired) electrons. The highest BCUT2D eigenvalue weighted by atomic mass is 79.9. The summed E-state index contributed by atoms with van der Waals surface area (Å²) in [4.78, 5) is 12.9. The second-order valence-electron chi connectivity index (χ2n) is 3.78. The highest BCUT2D eigenvalue weighted by molar-refractivity contribution is 9.10. The normalized spacial score (nSPS) is 10.6. The molecule has 0 amide bonds. The number of carbonyl (C=O) groups excluding carboxylic acids is 1. The Morgan fingerprint density at radius 3 is 2.89 bits per heavy atom. The van der Waals surface area contributed by atoms with Crippen LogP contribution in [0.25, 0.3) is 0 Å². The minimum atomic E-state index is -0.458. The quantitative estimate of drug-likeness (QED) is 0.878. The number of hydrogen-bond acceptors (Lipinski definition) is 5. The summed E-state index contributed by atoms with van der Waals surface area (Å²) in [6.45, 7) is 1.99. The first-order valence-corrected chi connectivity index (χ1v) is 6.85. The smallest absolute Gasteiger partial charge is 0.359 e. The predicted molar refractivity (Wildman–Crippen MR) is 73.5 cm³/mol. The molecule has 5 nitrogen and oxygen atoms in total. The van der Waals surface area contributed by atoms with E-state index >= 15 is 0 Å². The zero-order chi connectivity index (χ0) is 13.3. The lowest BCUT2D eigenvalue weighted by Crippen LogP contribution is -2.12. The Kier molecular flexibility index (Phi) is 3.72. The highest BCUT2D eigenvalue weighted by Crippen LogP contribution is 2.22. The van der Waals surface area contributed by atoms with E-state index in [1.165, 1.54) is 16.0 Å². The number of thiophene rings is 1. The topological polar surface area (TPSA) is 70.1 Å². The van der Waals surface area contributed by atoms with Gasteiger partial charge in [0.15, 0.2) is 5.69 Å². The van der Waals surface area contributed by atoms with Gasteiger partial charge in [0.1, 0.15) is 6.61 Å². The fourth-order valence-electron chi connectivity index (χ4n) is 1.55. The van der Waals surface area contributed by atoms with Crippen molar-refractivity contribution < 1.29 is 9.53 Å². The molecule has 0 saturated heterocycles. The van der Waals surface area contributed by atoms with Crippen molar-refractivity contribution in [2.45, 2.75) is 13.5 Å². The second-order valence-corrected chi connectivity index (χ2v) is 5.69. The molecule has 0 saturated carbocycles. The Labute approximate surface area is 117 Å². The molecule has 2 heterocycles. The third kappa shape index (κ3) is 2.56. The summed E-state index contributed by atoms with van der Waals surface area (Å²) >= 11 is 4.87. The molecule has 2 aromatic rings.